The summed E-state index contributed by atoms with van der Waals surface area (Å²) in [7, 11) is 1.61. The molecule has 0 aliphatic carbocycles. The van der Waals surface area contributed by atoms with Crippen molar-refractivity contribution in [3.05, 3.63) is 60.0 Å². The topological polar surface area (TPSA) is 117 Å². The molecule has 0 spiro atoms. The summed E-state index contributed by atoms with van der Waals surface area (Å²) < 4.78 is 33.6. The third-order valence-corrected chi connectivity index (χ3v) is 4.93. The molecule has 4 rings (SSSR count). The number of fused-ring (bicyclic) bond motifs is 2. The molecule has 174 valence electrons. The Kier molecular flexibility index (Phi) is 6.95. The van der Waals surface area contributed by atoms with Crippen LogP contribution in [0.4, 0.5) is 13.2 Å². The molecule has 3 aromatic rings. The van der Waals surface area contributed by atoms with Gasteiger partial charge in [-0.3, -0.25) is 14.3 Å². The lowest BCUT2D eigenvalue weighted by molar-refractivity contribution is -0.192. The zero-order chi connectivity index (χ0) is 24.2. The van der Waals surface area contributed by atoms with E-state index in [2.05, 4.69) is 15.4 Å². The van der Waals surface area contributed by atoms with Crippen LogP contribution in [0.3, 0.4) is 0 Å². The van der Waals surface area contributed by atoms with Crippen LogP contribution in [0.2, 0.25) is 0 Å². The summed E-state index contributed by atoms with van der Waals surface area (Å²) in [5.41, 5.74) is 2.12. The standard InChI is InChI=1S/C19H19N5O2.C2HF3O2/c1-20-18(25)10-15-12-23(11-14-8-9-21-24(14)15)19(26)17-7-6-13-4-2-3-5-16(13)22-17;3-2(4,5)1(6)7/h2-9,15H,10-12H2,1H3,(H,20,25);(H,6,7). The van der Waals surface area contributed by atoms with Gasteiger partial charge >= 0.3 is 12.1 Å². The van der Waals surface area contributed by atoms with Crippen LogP contribution >= 0.6 is 0 Å². The number of benzene rings is 1. The van der Waals surface area contributed by atoms with Crippen LogP contribution in [-0.4, -0.2) is 62.3 Å². The number of pyridine rings is 1. The first-order valence-electron chi connectivity index (χ1n) is 9.78. The minimum absolute atomic E-state index is 0.0745. The highest BCUT2D eigenvalue weighted by Gasteiger charge is 2.38. The van der Waals surface area contributed by atoms with E-state index in [9.17, 15) is 22.8 Å². The van der Waals surface area contributed by atoms with E-state index in [4.69, 9.17) is 9.90 Å². The number of nitrogens with zero attached hydrogens (tertiary/aromatic N) is 4. The van der Waals surface area contributed by atoms with Crippen molar-refractivity contribution in [3.63, 3.8) is 0 Å². The molecule has 12 heteroatoms. The van der Waals surface area contributed by atoms with Crippen molar-refractivity contribution in [2.24, 2.45) is 0 Å². The molecule has 0 saturated heterocycles. The Bertz CT molecular complexity index is 1180. The number of hydrogen-bond acceptors (Lipinski definition) is 5. The van der Waals surface area contributed by atoms with Crippen LogP contribution in [0.15, 0.2) is 48.7 Å². The molecule has 1 atom stereocenters. The number of carbonyl (C=O) groups excluding carboxylic acids is 2. The summed E-state index contributed by atoms with van der Waals surface area (Å²) in [4.78, 5) is 40.0. The van der Waals surface area contributed by atoms with Crippen LogP contribution in [-0.2, 0) is 16.1 Å². The van der Waals surface area contributed by atoms with E-state index in [0.717, 1.165) is 16.6 Å². The van der Waals surface area contributed by atoms with Gasteiger partial charge in [-0.15, -0.1) is 0 Å². The van der Waals surface area contributed by atoms with Crippen molar-refractivity contribution in [3.8, 4) is 0 Å². The fourth-order valence-corrected chi connectivity index (χ4v) is 3.36. The van der Waals surface area contributed by atoms with Crippen LogP contribution < -0.4 is 5.32 Å². The first kappa shape index (κ1) is 23.7. The van der Waals surface area contributed by atoms with E-state index in [1.54, 1.807) is 24.2 Å². The second-order valence-electron chi connectivity index (χ2n) is 7.18. The molecule has 0 saturated carbocycles. The summed E-state index contributed by atoms with van der Waals surface area (Å²) in [6.45, 7) is 0.882. The number of halogens is 3. The van der Waals surface area contributed by atoms with Gasteiger partial charge in [0.15, 0.2) is 0 Å². The van der Waals surface area contributed by atoms with E-state index < -0.39 is 12.1 Å². The van der Waals surface area contributed by atoms with Crippen molar-refractivity contribution in [2.75, 3.05) is 13.6 Å². The Morgan fingerprint density at radius 2 is 1.85 bits per heavy atom. The monoisotopic (exact) mass is 463 g/mol. The van der Waals surface area contributed by atoms with E-state index in [1.807, 2.05) is 41.1 Å². The quantitative estimate of drug-likeness (QED) is 0.616. The summed E-state index contributed by atoms with van der Waals surface area (Å²) >= 11 is 0. The maximum absolute atomic E-state index is 13.0. The van der Waals surface area contributed by atoms with Gasteiger partial charge in [0.1, 0.15) is 5.69 Å². The van der Waals surface area contributed by atoms with Crippen molar-refractivity contribution < 1.29 is 32.7 Å². The molecule has 2 N–H and O–H groups in total. The number of carboxylic acids is 1. The minimum Gasteiger partial charge on any atom is -0.475 e. The molecule has 33 heavy (non-hydrogen) atoms. The van der Waals surface area contributed by atoms with Gasteiger partial charge in [-0.1, -0.05) is 24.3 Å². The molecule has 9 nitrogen and oxygen atoms in total. The third-order valence-electron chi connectivity index (χ3n) is 4.93. The lowest BCUT2D eigenvalue weighted by Crippen LogP contribution is -2.43. The fraction of sp³-hybridized carbons (Fsp3) is 0.286. The maximum atomic E-state index is 13.0. The lowest BCUT2D eigenvalue weighted by Gasteiger charge is -2.33. The number of amides is 2. The zero-order valence-corrected chi connectivity index (χ0v) is 17.4. The van der Waals surface area contributed by atoms with Gasteiger partial charge < -0.3 is 15.3 Å². The van der Waals surface area contributed by atoms with Gasteiger partial charge in [0.2, 0.25) is 5.91 Å². The zero-order valence-electron chi connectivity index (χ0n) is 17.4. The van der Waals surface area contributed by atoms with Crippen molar-refractivity contribution >= 4 is 28.7 Å². The minimum atomic E-state index is -5.08. The van der Waals surface area contributed by atoms with Crippen LogP contribution in [0.1, 0.15) is 28.6 Å². The van der Waals surface area contributed by atoms with E-state index >= 15 is 0 Å². The summed E-state index contributed by atoms with van der Waals surface area (Å²) in [6.07, 6.45) is -3.10. The van der Waals surface area contributed by atoms with Gasteiger partial charge in [-0.05, 0) is 18.2 Å². The molecule has 1 aliphatic heterocycles. The molecule has 2 aromatic heterocycles. The lowest BCUT2D eigenvalue weighted by atomic mass is 10.1. The second kappa shape index (κ2) is 9.67. The number of aliphatic carboxylic acids is 1. The Balaban J connectivity index is 0.000000383. The van der Waals surface area contributed by atoms with Crippen LogP contribution in [0, 0.1) is 0 Å². The molecular formula is C21H20F3N5O4. The van der Waals surface area contributed by atoms with E-state index in [1.165, 1.54) is 0 Å². The van der Waals surface area contributed by atoms with Gasteiger partial charge in [-0.25, -0.2) is 9.78 Å². The van der Waals surface area contributed by atoms with Crippen molar-refractivity contribution in [1.82, 2.24) is 25.0 Å². The number of carboxylic acid groups (broad SMARTS) is 1. The van der Waals surface area contributed by atoms with Crippen LogP contribution in [0.25, 0.3) is 10.9 Å². The molecule has 0 fully saturated rings. The summed E-state index contributed by atoms with van der Waals surface area (Å²) in [5, 5.41) is 15.1. The highest BCUT2D eigenvalue weighted by atomic mass is 19.4. The molecule has 1 aliphatic rings. The first-order chi connectivity index (χ1) is 15.6. The maximum Gasteiger partial charge on any atom is 0.490 e. The number of nitrogens with one attached hydrogen (secondary N) is 1. The molecular weight excluding hydrogens is 443 g/mol. The largest absolute Gasteiger partial charge is 0.490 e. The average molecular weight is 463 g/mol. The predicted molar refractivity (Wildman–Crippen MR) is 110 cm³/mol. The van der Waals surface area contributed by atoms with E-state index in [0.29, 0.717) is 18.8 Å². The molecule has 1 unspecified atom stereocenters. The molecule has 2 amide bonds. The highest BCUT2D eigenvalue weighted by molar-refractivity contribution is 5.95. The first-order valence-corrected chi connectivity index (χ1v) is 9.78. The van der Waals surface area contributed by atoms with Gasteiger partial charge in [0, 0.05) is 25.2 Å². The average Bonchev–Trinajstić information content (AvgIpc) is 3.27. The smallest absolute Gasteiger partial charge is 0.475 e. The molecule has 0 radical (unpaired) electrons. The number of para-hydroxylation sites is 1. The predicted octanol–water partition coefficient (Wildman–Crippen LogP) is 2.40. The summed E-state index contributed by atoms with van der Waals surface area (Å²) in [6, 6.07) is 13.1. The number of aromatic nitrogens is 3. The fourth-order valence-electron chi connectivity index (χ4n) is 3.36. The molecule has 0 bridgehead atoms. The number of carbonyl (C=O) groups is 3. The SMILES string of the molecule is CNC(=O)CC1CN(C(=O)c2ccc3ccccc3n2)Cc2ccnn21.O=C(O)C(F)(F)F. The highest BCUT2D eigenvalue weighted by Crippen LogP contribution is 2.24. The Morgan fingerprint density at radius 3 is 2.52 bits per heavy atom. The normalized spacial score (nSPS) is 15.3. The van der Waals surface area contributed by atoms with Crippen molar-refractivity contribution in [2.45, 2.75) is 25.2 Å². The number of hydrogen-bond donors (Lipinski definition) is 2. The number of rotatable bonds is 3. The van der Waals surface area contributed by atoms with Crippen molar-refractivity contribution in [1.29, 1.82) is 0 Å². The molecule has 1 aromatic carbocycles. The Morgan fingerprint density at radius 1 is 1.15 bits per heavy atom. The molecule has 3 heterocycles. The second-order valence-corrected chi connectivity index (χ2v) is 7.18. The van der Waals surface area contributed by atoms with Crippen LogP contribution in [0.5, 0.6) is 0 Å². The third kappa shape index (κ3) is 5.64. The summed E-state index contributed by atoms with van der Waals surface area (Å²) in [5.74, 6) is -2.97. The Hall–Kier alpha value is -3.96. The van der Waals surface area contributed by atoms with Gasteiger partial charge in [0.25, 0.3) is 5.91 Å². The van der Waals surface area contributed by atoms with Gasteiger partial charge in [0.05, 0.1) is 30.2 Å². The Labute approximate surface area is 185 Å². The van der Waals surface area contributed by atoms with Gasteiger partial charge in [-0.2, -0.15) is 18.3 Å². The number of alkyl halides is 3. The van der Waals surface area contributed by atoms with E-state index in [-0.39, 0.29) is 24.3 Å².